The quantitative estimate of drug-likeness (QED) is 0.878. The van der Waals surface area contributed by atoms with Gasteiger partial charge in [0, 0.05) is 16.7 Å². The zero-order valence-electron chi connectivity index (χ0n) is 10.1. The molecule has 98 valence electrons. The molecule has 1 unspecified atom stereocenters. The monoisotopic (exact) mass is 295 g/mol. The van der Waals surface area contributed by atoms with E-state index in [9.17, 15) is 8.42 Å². The topological polar surface area (TPSA) is 60.2 Å². The van der Waals surface area contributed by atoms with Crippen LogP contribution in [0.1, 0.15) is 36.2 Å². The van der Waals surface area contributed by atoms with E-state index in [1.807, 2.05) is 12.3 Å². The maximum absolute atomic E-state index is 11.3. The van der Waals surface area contributed by atoms with Crippen LogP contribution in [-0.2, 0) is 9.84 Å². The van der Waals surface area contributed by atoms with Gasteiger partial charge in [0.25, 0.3) is 0 Å². The van der Waals surface area contributed by atoms with E-state index >= 15 is 0 Å². The van der Waals surface area contributed by atoms with Gasteiger partial charge < -0.3 is 5.73 Å². The summed E-state index contributed by atoms with van der Waals surface area (Å²) < 4.78 is 22.6. The third-order valence-electron chi connectivity index (χ3n) is 2.67. The van der Waals surface area contributed by atoms with E-state index in [1.165, 1.54) is 0 Å². The molecule has 1 aromatic rings. The molecule has 1 rings (SSSR count). The molecule has 0 aliphatic rings. The number of hydrogen-bond donors (Lipinski definition) is 1. The molecule has 0 saturated carbocycles. The van der Waals surface area contributed by atoms with E-state index in [4.69, 9.17) is 17.3 Å². The van der Waals surface area contributed by atoms with Crippen LogP contribution in [0.15, 0.2) is 5.38 Å². The van der Waals surface area contributed by atoms with Gasteiger partial charge in [0.15, 0.2) is 0 Å². The largest absolute Gasteiger partial charge is 0.323 e. The Kier molecular flexibility index (Phi) is 5.44. The Bertz CT molecular complexity index is 468. The van der Waals surface area contributed by atoms with Crippen LogP contribution >= 0.6 is 22.9 Å². The lowest BCUT2D eigenvalue weighted by atomic mass is 10.1. The smallest absolute Gasteiger partial charge is 0.150 e. The van der Waals surface area contributed by atoms with Gasteiger partial charge in [-0.2, -0.15) is 0 Å². The molecule has 0 fully saturated rings. The SMILES string of the molecule is CCS(=O)(=O)CCCC(N)c1scc(C)c1Cl. The molecule has 2 N–H and O–H groups in total. The first-order valence-electron chi connectivity index (χ1n) is 5.57. The number of sulfone groups is 1. The maximum atomic E-state index is 11.3. The van der Waals surface area contributed by atoms with E-state index in [-0.39, 0.29) is 17.5 Å². The molecular weight excluding hydrogens is 278 g/mol. The van der Waals surface area contributed by atoms with Gasteiger partial charge in [0.05, 0.1) is 10.8 Å². The minimum absolute atomic E-state index is 0.159. The highest BCUT2D eigenvalue weighted by Gasteiger charge is 2.15. The van der Waals surface area contributed by atoms with E-state index in [2.05, 4.69) is 0 Å². The van der Waals surface area contributed by atoms with Crippen LogP contribution in [0.2, 0.25) is 5.02 Å². The Balaban J connectivity index is 2.51. The van der Waals surface area contributed by atoms with Crippen LogP contribution in [-0.4, -0.2) is 19.9 Å². The minimum Gasteiger partial charge on any atom is -0.323 e. The summed E-state index contributed by atoms with van der Waals surface area (Å²) in [7, 11) is -2.89. The summed E-state index contributed by atoms with van der Waals surface area (Å²) in [6.07, 6.45) is 1.24. The molecule has 0 saturated heterocycles. The molecule has 3 nitrogen and oxygen atoms in total. The van der Waals surface area contributed by atoms with Crippen molar-refractivity contribution < 1.29 is 8.42 Å². The molecule has 0 bridgehead atoms. The van der Waals surface area contributed by atoms with E-state index in [1.54, 1.807) is 18.3 Å². The summed E-state index contributed by atoms with van der Waals surface area (Å²) in [5.74, 6) is 0.403. The highest BCUT2D eigenvalue weighted by molar-refractivity contribution is 7.91. The fourth-order valence-electron chi connectivity index (χ4n) is 1.50. The first-order valence-corrected chi connectivity index (χ1v) is 8.64. The molecular formula is C11H18ClNO2S2. The van der Waals surface area contributed by atoms with Crippen molar-refractivity contribution in [2.45, 2.75) is 32.7 Å². The number of nitrogens with two attached hydrogens (primary N) is 1. The van der Waals surface area contributed by atoms with Crippen molar-refractivity contribution in [1.82, 2.24) is 0 Å². The molecule has 0 amide bonds. The number of thiophene rings is 1. The third kappa shape index (κ3) is 4.25. The van der Waals surface area contributed by atoms with E-state index < -0.39 is 9.84 Å². The van der Waals surface area contributed by atoms with Gasteiger partial charge in [-0.25, -0.2) is 8.42 Å². The van der Waals surface area contributed by atoms with E-state index in [0.717, 1.165) is 15.5 Å². The maximum Gasteiger partial charge on any atom is 0.150 e. The lowest BCUT2D eigenvalue weighted by molar-refractivity contribution is 0.585. The van der Waals surface area contributed by atoms with Gasteiger partial charge in [-0.15, -0.1) is 11.3 Å². The number of hydrogen-bond acceptors (Lipinski definition) is 4. The van der Waals surface area contributed by atoms with Gasteiger partial charge in [0.2, 0.25) is 0 Å². The average Bonchev–Trinajstić information content (AvgIpc) is 2.59. The molecule has 0 spiro atoms. The number of aryl methyl sites for hydroxylation is 1. The van der Waals surface area contributed by atoms with Gasteiger partial charge in [-0.3, -0.25) is 0 Å². The second kappa shape index (κ2) is 6.18. The highest BCUT2D eigenvalue weighted by atomic mass is 35.5. The summed E-state index contributed by atoms with van der Waals surface area (Å²) in [5.41, 5.74) is 7.04. The standard InChI is InChI=1S/C11H18ClNO2S2/c1-3-17(14,15)6-4-5-9(13)11-10(12)8(2)7-16-11/h7,9H,3-6,13H2,1-2H3. The van der Waals surface area contributed by atoms with Crippen molar-refractivity contribution in [3.63, 3.8) is 0 Å². The number of rotatable bonds is 6. The molecule has 1 heterocycles. The van der Waals surface area contributed by atoms with Gasteiger partial charge in [-0.05, 0) is 30.7 Å². The predicted molar refractivity (Wildman–Crippen MR) is 74.6 cm³/mol. The Labute approximate surface area is 112 Å². The van der Waals surface area contributed by atoms with Crippen molar-refractivity contribution in [2.75, 3.05) is 11.5 Å². The Morgan fingerprint density at radius 3 is 2.65 bits per heavy atom. The van der Waals surface area contributed by atoms with Crippen LogP contribution in [0, 0.1) is 6.92 Å². The lowest BCUT2D eigenvalue weighted by Gasteiger charge is -2.10. The molecule has 0 aromatic carbocycles. The zero-order chi connectivity index (χ0) is 13.1. The Hall–Kier alpha value is -0.100. The first kappa shape index (κ1) is 15.0. The van der Waals surface area contributed by atoms with Crippen molar-refractivity contribution in [3.8, 4) is 0 Å². The van der Waals surface area contributed by atoms with Gasteiger partial charge in [-0.1, -0.05) is 18.5 Å². The second-order valence-electron chi connectivity index (χ2n) is 4.08. The van der Waals surface area contributed by atoms with Crippen LogP contribution in [0.25, 0.3) is 0 Å². The van der Waals surface area contributed by atoms with Crippen molar-refractivity contribution in [3.05, 3.63) is 20.8 Å². The molecule has 17 heavy (non-hydrogen) atoms. The highest BCUT2D eigenvalue weighted by Crippen LogP contribution is 2.33. The minimum atomic E-state index is -2.89. The molecule has 0 aliphatic heterocycles. The van der Waals surface area contributed by atoms with Gasteiger partial charge >= 0.3 is 0 Å². The molecule has 0 radical (unpaired) electrons. The average molecular weight is 296 g/mol. The normalized spacial score (nSPS) is 13.9. The predicted octanol–water partition coefficient (Wildman–Crippen LogP) is 2.92. The van der Waals surface area contributed by atoms with Crippen molar-refractivity contribution in [2.24, 2.45) is 5.73 Å². The second-order valence-corrected chi connectivity index (χ2v) is 7.84. The van der Waals surface area contributed by atoms with Crippen molar-refractivity contribution in [1.29, 1.82) is 0 Å². The molecule has 6 heteroatoms. The van der Waals surface area contributed by atoms with Crippen LogP contribution in [0.4, 0.5) is 0 Å². The molecule has 1 aromatic heterocycles. The summed E-state index contributed by atoms with van der Waals surface area (Å²) in [4.78, 5) is 0.957. The molecule has 1 atom stereocenters. The Morgan fingerprint density at radius 2 is 2.18 bits per heavy atom. The summed E-state index contributed by atoms with van der Waals surface area (Å²) >= 11 is 7.65. The molecule has 0 aliphatic carbocycles. The number of halogens is 1. The summed E-state index contributed by atoms with van der Waals surface area (Å²) in [6.45, 7) is 3.60. The van der Waals surface area contributed by atoms with Crippen molar-refractivity contribution >= 4 is 32.8 Å². The van der Waals surface area contributed by atoms with Crippen LogP contribution in [0.5, 0.6) is 0 Å². The lowest BCUT2D eigenvalue weighted by Crippen LogP contribution is -2.13. The summed E-state index contributed by atoms with van der Waals surface area (Å²) in [5, 5.41) is 2.70. The van der Waals surface area contributed by atoms with Crippen LogP contribution < -0.4 is 5.73 Å². The Morgan fingerprint density at radius 1 is 1.53 bits per heavy atom. The fourth-order valence-corrected chi connectivity index (χ4v) is 3.77. The first-order chi connectivity index (χ1) is 7.87. The van der Waals surface area contributed by atoms with Gasteiger partial charge in [0.1, 0.15) is 9.84 Å². The van der Waals surface area contributed by atoms with Crippen LogP contribution in [0.3, 0.4) is 0 Å². The third-order valence-corrected chi connectivity index (χ3v) is 6.31. The summed E-state index contributed by atoms with van der Waals surface area (Å²) in [6, 6.07) is -0.159. The van der Waals surface area contributed by atoms with E-state index in [0.29, 0.717) is 12.8 Å². The fraction of sp³-hybridized carbons (Fsp3) is 0.636. The zero-order valence-corrected chi connectivity index (χ0v) is 12.5.